The molecule has 0 atom stereocenters. The van der Waals surface area contributed by atoms with Crippen LogP contribution in [0.5, 0.6) is 0 Å². The minimum Gasteiger partial charge on any atom is -0.309 e. The summed E-state index contributed by atoms with van der Waals surface area (Å²) in [7, 11) is -3.06. The number of hydrogen-bond acceptors (Lipinski definition) is 1. The molecule has 0 aliphatic carbocycles. The van der Waals surface area contributed by atoms with Crippen LogP contribution in [0.2, 0.25) is 0 Å². The summed E-state index contributed by atoms with van der Waals surface area (Å²) >= 11 is 0. The monoisotopic (exact) mass is 760 g/mol. The molecule has 2 aromatic heterocycles. The molecule has 58 heavy (non-hydrogen) atoms. The van der Waals surface area contributed by atoms with Crippen LogP contribution in [-0.2, 0) is 4.57 Å². The number of rotatable bonds is 7. The number of hydrogen-bond donors (Lipinski definition) is 0. The van der Waals surface area contributed by atoms with Crippen molar-refractivity contribution in [1.29, 1.82) is 0 Å². The Kier molecular flexibility index (Phi) is 8.10. The van der Waals surface area contributed by atoms with E-state index < -0.39 is 7.14 Å². The highest BCUT2D eigenvalue weighted by Gasteiger charge is 2.29. The van der Waals surface area contributed by atoms with E-state index in [0.29, 0.717) is 0 Å². The Morgan fingerprint density at radius 3 is 1.29 bits per heavy atom. The molecule has 4 heteroatoms. The van der Waals surface area contributed by atoms with E-state index in [0.717, 1.165) is 43.9 Å². The van der Waals surface area contributed by atoms with Crippen molar-refractivity contribution in [1.82, 2.24) is 9.13 Å². The molecule has 9 aromatic carbocycles. The number of benzene rings is 9. The summed E-state index contributed by atoms with van der Waals surface area (Å²) in [5, 5.41) is 7.41. The molecular formula is C54H37N2OP. The molecule has 11 rings (SSSR count). The summed E-state index contributed by atoms with van der Waals surface area (Å²) in [5.41, 5.74) is 11.5. The third-order valence-corrected chi connectivity index (χ3v) is 14.7. The fourth-order valence-electron chi connectivity index (χ4n) is 8.83. The van der Waals surface area contributed by atoms with Crippen LogP contribution in [-0.4, -0.2) is 9.13 Å². The molecular weight excluding hydrogens is 724 g/mol. The molecule has 274 valence electrons. The van der Waals surface area contributed by atoms with Gasteiger partial charge in [0.05, 0.1) is 22.1 Å². The topological polar surface area (TPSA) is 26.9 Å². The van der Waals surface area contributed by atoms with Gasteiger partial charge in [-0.1, -0.05) is 170 Å². The van der Waals surface area contributed by atoms with Crippen molar-refractivity contribution < 1.29 is 4.57 Å². The number of nitrogens with zero attached hydrogens (tertiary/aromatic N) is 2. The number of aromatic nitrogens is 2. The van der Waals surface area contributed by atoms with E-state index in [1.54, 1.807) is 0 Å². The van der Waals surface area contributed by atoms with Crippen LogP contribution in [0.1, 0.15) is 0 Å². The minimum atomic E-state index is -3.06. The zero-order valence-electron chi connectivity index (χ0n) is 31.6. The first-order valence-electron chi connectivity index (χ1n) is 19.7. The summed E-state index contributed by atoms with van der Waals surface area (Å²) < 4.78 is 19.8. The lowest BCUT2D eigenvalue weighted by Crippen LogP contribution is -2.24. The standard InChI is InChI=1S/C54H37N2OP/c57-58(44-16-6-2-7-17-44,45-18-8-3-9-19-45)46-32-26-39(27-33-46)41-28-34-49-47-20-10-12-22-51(47)56(54(49)37-41)43-30-24-38(25-31-43)40-29-35-53-50(36-40)48-21-11-13-23-52(48)55(53)42-14-4-1-5-15-42/h1-37H. The van der Waals surface area contributed by atoms with E-state index in [-0.39, 0.29) is 0 Å². The van der Waals surface area contributed by atoms with Gasteiger partial charge in [0.1, 0.15) is 0 Å². The highest BCUT2D eigenvalue weighted by Crippen LogP contribution is 2.43. The second-order valence-electron chi connectivity index (χ2n) is 14.9. The average Bonchev–Trinajstić information content (AvgIpc) is 3.82. The Hall–Kier alpha value is -7.19. The SMILES string of the molecule is O=P(c1ccccc1)(c1ccccc1)c1ccc(-c2ccc3c4ccccc4n(-c4ccc(-c5ccc6c(c5)c5ccccc5n6-c5ccccc5)cc4)c3c2)cc1. The van der Waals surface area contributed by atoms with E-state index in [9.17, 15) is 0 Å². The molecule has 0 aliphatic rings. The van der Waals surface area contributed by atoms with Crippen molar-refractivity contribution in [3.05, 3.63) is 224 Å². The maximum absolute atomic E-state index is 15.0. The van der Waals surface area contributed by atoms with Gasteiger partial charge in [0.25, 0.3) is 0 Å². The Bertz CT molecular complexity index is 3290. The molecule has 0 aliphatic heterocycles. The van der Waals surface area contributed by atoms with Gasteiger partial charge < -0.3 is 13.7 Å². The Labute approximate surface area is 337 Å². The molecule has 0 saturated carbocycles. The predicted molar refractivity (Wildman–Crippen MR) is 245 cm³/mol. The summed E-state index contributed by atoms with van der Waals surface area (Å²) in [6.07, 6.45) is 0. The van der Waals surface area contributed by atoms with Crippen molar-refractivity contribution in [3.8, 4) is 33.6 Å². The highest BCUT2D eigenvalue weighted by atomic mass is 31.2. The second kappa shape index (κ2) is 13.8. The van der Waals surface area contributed by atoms with E-state index in [1.807, 2.05) is 72.8 Å². The van der Waals surface area contributed by atoms with Crippen LogP contribution < -0.4 is 15.9 Å². The smallest absolute Gasteiger partial charge is 0.171 e. The summed E-state index contributed by atoms with van der Waals surface area (Å²) in [6, 6.07) is 78.5. The molecule has 3 nitrogen and oxygen atoms in total. The lowest BCUT2D eigenvalue weighted by molar-refractivity contribution is 0.592. The van der Waals surface area contributed by atoms with Crippen LogP contribution in [0.3, 0.4) is 0 Å². The molecule has 0 fully saturated rings. The first-order valence-corrected chi connectivity index (χ1v) is 21.4. The van der Waals surface area contributed by atoms with Crippen LogP contribution in [0.15, 0.2) is 224 Å². The normalized spacial score (nSPS) is 11.9. The van der Waals surface area contributed by atoms with Crippen LogP contribution >= 0.6 is 7.14 Å². The van der Waals surface area contributed by atoms with Gasteiger partial charge in [-0.25, -0.2) is 0 Å². The lowest BCUT2D eigenvalue weighted by Gasteiger charge is -2.20. The van der Waals surface area contributed by atoms with Crippen molar-refractivity contribution in [2.45, 2.75) is 0 Å². The van der Waals surface area contributed by atoms with Gasteiger partial charge in [0.15, 0.2) is 7.14 Å². The van der Waals surface area contributed by atoms with E-state index >= 15 is 4.57 Å². The van der Waals surface area contributed by atoms with Crippen molar-refractivity contribution >= 4 is 66.7 Å². The van der Waals surface area contributed by atoms with Gasteiger partial charge in [-0.2, -0.15) is 0 Å². The number of fused-ring (bicyclic) bond motifs is 6. The highest BCUT2D eigenvalue weighted by molar-refractivity contribution is 7.85. The van der Waals surface area contributed by atoms with Crippen molar-refractivity contribution in [2.75, 3.05) is 0 Å². The van der Waals surface area contributed by atoms with Crippen LogP contribution in [0, 0.1) is 0 Å². The molecule has 0 unspecified atom stereocenters. The summed E-state index contributed by atoms with van der Waals surface area (Å²) in [5.74, 6) is 0. The minimum absolute atomic E-state index is 0.824. The second-order valence-corrected chi connectivity index (χ2v) is 17.6. The first-order chi connectivity index (χ1) is 28.6. The Balaban J connectivity index is 0.981. The van der Waals surface area contributed by atoms with E-state index in [4.69, 9.17) is 0 Å². The van der Waals surface area contributed by atoms with E-state index in [1.165, 1.54) is 49.2 Å². The zero-order valence-corrected chi connectivity index (χ0v) is 32.5. The third kappa shape index (κ3) is 5.47. The van der Waals surface area contributed by atoms with Gasteiger partial charge >= 0.3 is 0 Å². The maximum Gasteiger partial charge on any atom is 0.171 e. The maximum atomic E-state index is 15.0. The fraction of sp³-hybridized carbons (Fsp3) is 0. The number of para-hydroxylation sites is 3. The van der Waals surface area contributed by atoms with Gasteiger partial charge in [-0.3, -0.25) is 0 Å². The fourth-order valence-corrected chi connectivity index (χ4v) is 11.5. The molecule has 11 aromatic rings. The quantitative estimate of drug-likeness (QED) is 0.149. The molecule has 0 N–H and O–H groups in total. The molecule has 0 bridgehead atoms. The average molecular weight is 761 g/mol. The largest absolute Gasteiger partial charge is 0.309 e. The van der Waals surface area contributed by atoms with Crippen molar-refractivity contribution in [2.24, 2.45) is 0 Å². The molecule has 2 heterocycles. The molecule has 0 saturated heterocycles. The van der Waals surface area contributed by atoms with E-state index in [2.05, 4.69) is 161 Å². The third-order valence-electron chi connectivity index (χ3n) is 11.6. The van der Waals surface area contributed by atoms with Gasteiger partial charge in [0, 0.05) is 48.8 Å². The van der Waals surface area contributed by atoms with Crippen molar-refractivity contribution in [3.63, 3.8) is 0 Å². The first kappa shape index (κ1) is 34.1. The Morgan fingerprint density at radius 2 is 0.672 bits per heavy atom. The Morgan fingerprint density at radius 1 is 0.276 bits per heavy atom. The predicted octanol–water partition coefficient (Wildman–Crippen LogP) is 12.9. The van der Waals surface area contributed by atoms with Gasteiger partial charge in [0.2, 0.25) is 0 Å². The molecule has 0 amide bonds. The van der Waals surface area contributed by atoms with Gasteiger partial charge in [-0.15, -0.1) is 0 Å². The summed E-state index contributed by atoms with van der Waals surface area (Å²) in [6.45, 7) is 0. The zero-order chi connectivity index (χ0) is 38.6. The lowest BCUT2D eigenvalue weighted by atomic mass is 10.0. The summed E-state index contributed by atoms with van der Waals surface area (Å²) in [4.78, 5) is 0. The van der Waals surface area contributed by atoms with Crippen LogP contribution in [0.4, 0.5) is 0 Å². The van der Waals surface area contributed by atoms with Crippen LogP contribution in [0.25, 0.3) is 77.2 Å². The molecule has 0 radical (unpaired) electrons. The van der Waals surface area contributed by atoms with Gasteiger partial charge in [-0.05, 0) is 76.9 Å². The molecule has 0 spiro atoms.